The monoisotopic (exact) mass is 128 g/mol. The Kier molecular flexibility index (Phi) is 1.21. The van der Waals surface area contributed by atoms with Gasteiger partial charge in [0.15, 0.2) is 0 Å². The predicted molar refractivity (Wildman–Crippen MR) is 38.2 cm³/mol. The summed E-state index contributed by atoms with van der Waals surface area (Å²) in [5.41, 5.74) is 1.07. The van der Waals surface area contributed by atoms with Crippen molar-refractivity contribution in [1.82, 2.24) is 4.90 Å². The fourth-order valence-corrected chi connectivity index (χ4v) is 0.961. The van der Waals surface area contributed by atoms with Crippen molar-refractivity contribution in [3.05, 3.63) is 48.4 Å². The second kappa shape index (κ2) is 2.18. The minimum absolute atomic E-state index is 0.795. The molecule has 2 aliphatic rings. The average Bonchev–Trinajstić information content (AvgIpc) is 2.05. The van der Waals surface area contributed by atoms with Crippen LogP contribution in [0.4, 0.5) is 0 Å². The summed E-state index contributed by atoms with van der Waals surface area (Å²) in [7, 11) is 0. The van der Waals surface area contributed by atoms with Crippen LogP contribution in [-0.4, -0.2) is 11.4 Å². The molecule has 10 heavy (non-hydrogen) atoms. The zero-order valence-electron chi connectivity index (χ0n) is 5.46. The van der Waals surface area contributed by atoms with Crippen LogP contribution >= 0.6 is 0 Å². The maximum atomic E-state index is 2.96. The topological polar surface area (TPSA) is 3.24 Å². The van der Waals surface area contributed by atoms with Crippen molar-refractivity contribution in [3.63, 3.8) is 0 Å². The molecule has 0 aromatic heterocycles. The summed E-state index contributed by atoms with van der Waals surface area (Å²) in [5.74, 6) is 0. The molecule has 3 radical (unpaired) electrons. The second-order valence-corrected chi connectivity index (χ2v) is 2.14. The van der Waals surface area contributed by atoms with Crippen LogP contribution in [0, 0.1) is 18.2 Å². The van der Waals surface area contributed by atoms with E-state index in [-0.39, 0.29) is 0 Å². The third-order valence-corrected chi connectivity index (χ3v) is 1.47. The first-order valence-corrected chi connectivity index (χ1v) is 3.19. The molecule has 0 aromatic carbocycles. The first kappa shape index (κ1) is 5.54. The van der Waals surface area contributed by atoms with E-state index < -0.39 is 0 Å². The van der Waals surface area contributed by atoms with Crippen molar-refractivity contribution in [3.8, 4) is 0 Å². The minimum Gasteiger partial charge on any atom is -0.343 e. The molecule has 2 rings (SSSR count). The lowest BCUT2D eigenvalue weighted by atomic mass is 10.2. The van der Waals surface area contributed by atoms with Crippen LogP contribution in [0.15, 0.2) is 30.1 Å². The van der Waals surface area contributed by atoms with Crippen molar-refractivity contribution in [2.75, 3.05) is 6.54 Å². The standard InChI is InChI=1S/C9H6N/c1-3-7-10-8-4-2-6-9(10)5-1/h1,3,5,7H,8H2. The Morgan fingerprint density at radius 2 is 2.40 bits per heavy atom. The Morgan fingerprint density at radius 3 is 3.30 bits per heavy atom. The molecular weight excluding hydrogens is 122 g/mol. The van der Waals surface area contributed by atoms with Crippen LogP contribution in [0.3, 0.4) is 0 Å². The molecule has 0 saturated carbocycles. The van der Waals surface area contributed by atoms with E-state index in [4.69, 9.17) is 0 Å². The van der Waals surface area contributed by atoms with Gasteiger partial charge in [-0.05, 0) is 24.3 Å². The summed E-state index contributed by atoms with van der Waals surface area (Å²) < 4.78 is 0. The summed E-state index contributed by atoms with van der Waals surface area (Å²) in [6, 6.07) is 0. The van der Waals surface area contributed by atoms with Gasteiger partial charge in [-0.25, -0.2) is 0 Å². The maximum Gasteiger partial charge on any atom is 0.0496 e. The smallest absolute Gasteiger partial charge is 0.0496 e. The molecule has 0 saturated heterocycles. The SMILES string of the molecule is [C]1=[C]CN2C=CC=CC2=[C]1. The first-order chi connectivity index (χ1) is 4.97. The Hall–Kier alpha value is -1.24. The number of rotatable bonds is 0. The largest absolute Gasteiger partial charge is 0.343 e. The average molecular weight is 128 g/mol. The van der Waals surface area contributed by atoms with E-state index >= 15 is 0 Å². The summed E-state index contributed by atoms with van der Waals surface area (Å²) in [5, 5.41) is 0. The Bertz CT molecular complexity index is 243. The molecule has 2 aliphatic heterocycles. The van der Waals surface area contributed by atoms with Gasteiger partial charge in [0, 0.05) is 24.5 Å². The van der Waals surface area contributed by atoms with E-state index in [1.165, 1.54) is 0 Å². The van der Waals surface area contributed by atoms with Crippen LogP contribution in [0.5, 0.6) is 0 Å². The van der Waals surface area contributed by atoms with Gasteiger partial charge in [-0.1, -0.05) is 6.08 Å². The molecule has 0 unspecified atom stereocenters. The lowest BCUT2D eigenvalue weighted by molar-refractivity contribution is 0.511. The van der Waals surface area contributed by atoms with Crippen LogP contribution in [0.2, 0.25) is 0 Å². The first-order valence-electron chi connectivity index (χ1n) is 3.19. The highest BCUT2D eigenvalue weighted by Crippen LogP contribution is 2.13. The highest BCUT2D eigenvalue weighted by Gasteiger charge is 2.06. The molecular formula is C9H6N. The van der Waals surface area contributed by atoms with Crippen molar-refractivity contribution in [2.24, 2.45) is 0 Å². The molecule has 0 aliphatic carbocycles. The van der Waals surface area contributed by atoms with Crippen molar-refractivity contribution in [2.45, 2.75) is 0 Å². The van der Waals surface area contributed by atoms with E-state index in [0.29, 0.717) is 0 Å². The Morgan fingerprint density at radius 1 is 1.40 bits per heavy atom. The fraction of sp³-hybridized carbons (Fsp3) is 0.111. The third-order valence-electron chi connectivity index (χ3n) is 1.47. The molecule has 0 fully saturated rings. The van der Waals surface area contributed by atoms with Gasteiger partial charge >= 0.3 is 0 Å². The summed E-state index contributed by atoms with van der Waals surface area (Å²) in [6.45, 7) is 0.795. The number of fused-ring (bicyclic) bond motifs is 1. The lowest BCUT2D eigenvalue weighted by Crippen LogP contribution is -2.19. The van der Waals surface area contributed by atoms with Crippen LogP contribution < -0.4 is 0 Å². The van der Waals surface area contributed by atoms with Crippen LogP contribution in [0.1, 0.15) is 0 Å². The van der Waals surface area contributed by atoms with E-state index in [1.807, 2.05) is 24.4 Å². The van der Waals surface area contributed by atoms with Gasteiger partial charge in [-0.2, -0.15) is 0 Å². The molecule has 0 atom stereocenters. The van der Waals surface area contributed by atoms with Crippen molar-refractivity contribution in [1.29, 1.82) is 0 Å². The van der Waals surface area contributed by atoms with E-state index in [1.54, 1.807) is 0 Å². The molecule has 0 spiro atoms. The van der Waals surface area contributed by atoms with E-state index in [0.717, 1.165) is 12.2 Å². The van der Waals surface area contributed by atoms with Crippen LogP contribution in [0.25, 0.3) is 0 Å². The van der Waals surface area contributed by atoms with Gasteiger partial charge in [-0.3, -0.25) is 0 Å². The zero-order valence-corrected chi connectivity index (χ0v) is 5.46. The predicted octanol–water partition coefficient (Wildman–Crippen LogP) is 1.24. The molecule has 0 bridgehead atoms. The second-order valence-electron chi connectivity index (χ2n) is 2.14. The van der Waals surface area contributed by atoms with E-state index in [9.17, 15) is 0 Å². The van der Waals surface area contributed by atoms with Gasteiger partial charge in [-0.15, -0.1) is 0 Å². The summed E-state index contributed by atoms with van der Waals surface area (Å²) in [6.07, 6.45) is 16.7. The van der Waals surface area contributed by atoms with Gasteiger partial charge in [0.1, 0.15) is 0 Å². The quantitative estimate of drug-likeness (QED) is 0.474. The van der Waals surface area contributed by atoms with Gasteiger partial charge in [0.2, 0.25) is 0 Å². The highest BCUT2D eigenvalue weighted by atomic mass is 15.1. The molecule has 0 N–H and O–H groups in total. The number of hydrogen-bond acceptors (Lipinski definition) is 1. The van der Waals surface area contributed by atoms with Crippen molar-refractivity contribution >= 4 is 0 Å². The third kappa shape index (κ3) is 0.798. The summed E-state index contributed by atoms with van der Waals surface area (Å²) in [4.78, 5) is 2.07. The normalized spacial score (nSPS) is 20.8. The molecule has 47 valence electrons. The molecule has 1 nitrogen and oxygen atoms in total. The summed E-state index contributed by atoms with van der Waals surface area (Å²) >= 11 is 0. The Balaban J connectivity index is 2.34. The van der Waals surface area contributed by atoms with Crippen molar-refractivity contribution < 1.29 is 0 Å². The lowest BCUT2D eigenvalue weighted by Gasteiger charge is -2.22. The number of allylic oxidation sites excluding steroid dienone is 5. The van der Waals surface area contributed by atoms with Gasteiger partial charge in [0.25, 0.3) is 0 Å². The van der Waals surface area contributed by atoms with Gasteiger partial charge < -0.3 is 4.90 Å². The molecule has 1 heteroatoms. The maximum absolute atomic E-state index is 2.96. The van der Waals surface area contributed by atoms with Crippen LogP contribution in [-0.2, 0) is 0 Å². The number of hydrogen-bond donors (Lipinski definition) is 0. The Labute approximate surface area is 60.6 Å². The molecule has 2 heterocycles. The minimum atomic E-state index is 0.795. The molecule has 0 aromatic rings. The zero-order chi connectivity index (χ0) is 6.81. The molecule has 0 amide bonds. The number of nitrogens with zero attached hydrogens (tertiary/aromatic N) is 1. The highest BCUT2D eigenvalue weighted by molar-refractivity contribution is 5.28. The van der Waals surface area contributed by atoms with E-state index in [2.05, 4.69) is 23.1 Å². The van der Waals surface area contributed by atoms with Gasteiger partial charge in [0.05, 0.1) is 0 Å². The fourth-order valence-electron chi connectivity index (χ4n) is 0.961.